The molecular weight excluding hydrogens is 143 g/mol. The van der Waals surface area contributed by atoms with E-state index in [-0.39, 0.29) is 6.61 Å². The van der Waals surface area contributed by atoms with E-state index in [0.29, 0.717) is 0 Å². The molecule has 2 nitrogen and oxygen atoms in total. The Bertz CT molecular complexity index is 174. The first-order chi connectivity index (χ1) is 4.25. The minimum atomic E-state index is -1.81. The molecule has 1 heterocycles. The van der Waals surface area contributed by atoms with Crippen molar-refractivity contribution in [2.45, 2.75) is 5.50 Å². The highest BCUT2D eigenvalue weighted by Crippen LogP contribution is 2.20. The van der Waals surface area contributed by atoms with Gasteiger partial charge in [-0.15, -0.1) is 6.42 Å². The van der Waals surface area contributed by atoms with Crippen molar-refractivity contribution in [2.24, 2.45) is 5.92 Å². The molecule has 1 rings (SSSR count). The fraction of sp³-hybridized carbons (Fsp3) is 0.600. The Kier molecular flexibility index (Phi) is 1.84. The Balaban J connectivity index is 2.64. The number of halogens is 1. The summed E-state index contributed by atoms with van der Waals surface area (Å²) in [5, 5.41) is 0. The predicted octanol–water partition coefficient (Wildman–Crippen LogP) is 0.225. The van der Waals surface area contributed by atoms with Crippen molar-refractivity contribution in [1.29, 1.82) is 0 Å². The Morgan fingerprint density at radius 1 is 1.89 bits per heavy atom. The van der Waals surface area contributed by atoms with E-state index < -0.39 is 22.5 Å². The zero-order valence-electron chi connectivity index (χ0n) is 4.54. The average molecular weight is 148 g/mol. The summed E-state index contributed by atoms with van der Waals surface area (Å²) in [6.45, 7) is 0.0737. The second-order valence-corrected chi connectivity index (χ2v) is 2.88. The molecule has 4 heteroatoms. The van der Waals surface area contributed by atoms with Crippen LogP contribution in [-0.2, 0) is 15.3 Å². The van der Waals surface area contributed by atoms with Gasteiger partial charge in [0.25, 0.3) is 0 Å². The summed E-state index contributed by atoms with van der Waals surface area (Å²) in [6.07, 6.45) is 4.88. The van der Waals surface area contributed by atoms with Crippen LogP contribution in [-0.4, -0.2) is 16.3 Å². The standard InChI is InChI=1S/C5H5FO2S/c1-2-4-3-8-9(7)5(4)6/h1,4-5H,3H2. The van der Waals surface area contributed by atoms with Crippen molar-refractivity contribution in [3.05, 3.63) is 0 Å². The van der Waals surface area contributed by atoms with Crippen LogP contribution >= 0.6 is 0 Å². The lowest BCUT2D eigenvalue weighted by molar-refractivity contribution is 0.325. The predicted molar refractivity (Wildman–Crippen MR) is 31.3 cm³/mol. The maximum atomic E-state index is 12.4. The summed E-state index contributed by atoms with van der Waals surface area (Å²) in [6, 6.07) is 0. The summed E-state index contributed by atoms with van der Waals surface area (Å²) in [4.78, 5) is 0. The van der Waals surface area contributed by atoms with Gasteiger partial charge in [-0.1, -0.05) is 5.92 Å². The number of alkyl halides is 1. The van der Waals surface area contributed by atoms with Gasteiger partial charge in [0.2, 0.25) is 5.50 Å². The lowest BCUT2D eigenvalue weighted by Crippen LogP contribution is -2.10. The maximum Gasteiger partial charge on any atom is 0.216 e. The molecule has 1 aliphatic rings. The SMILES string of the molecule is C#CC1COS(=O)C1F. The number of hydrogen-bond acceptors (Lipinski definition) is 2. The largest absolute Gasteiger partial charge is 0.287 e. The van der Waals surface area contributed by atoms with Gasteiger partial charge < -0.3 is 0 Å². The third kappa shape index (κ3) is 1.12. The molecule has 1 aliphatic heterocycles. The maximum absolute atomic E-state index is 12.4. The van der Waals surface area contributed by atoms with E-state index in [1.165, 1.54) is 0 Å². The first kappa shape index (κ1) is 6.72. The highest BCUT2D eigenvalue weighted by atomic mass is 32.2. The Morgan fingerprint density at radius 3 is 2.78 bits per heavy atom. The average Bonchev–Trinajstić information content (AvgIpc) is 2.15. The lowest BCUT2D eigenvalue weighted by atomic mass is 10.2. The molecule has 0 aromatic carbocycles. The van der Waals surface area contributed by atoms with Crippen molar-refractivity contribution in [3.63, 3.8) is 0 Å². The topological polar surface area (TPSA) is 26.3 Å². The summed E-state index contributed by atoms with van der Waals surface area (Å²) in [7, 11) is 0. The van der Waals surface area contributed by atoms with Gasteiger partial charge in [0.1, 0.15) is 0 Å². The molecule has 9 heavy (non-hydrogen) atoms. The van der Waals surface area contributed by atoms with E-state index in [2.05, 4.69) is 10.1 Å². The Labute approximate surface area is 55.1 Å². The Hall–Kier alpha value is -0.400. The van der Waals surface area contributed by atoms with Crippen LogP contribution < -0.4 is 0 Å². The highest BCUT2D eigenvalue weighted by molar-refractivity contribution is 7.80. The summed E-state index contributed by atoms with van der Waals surface area (Å²) in [5.74, 6) is 1.53. The molecule has 1 fully saturated rings. The molecule has 0 bridgehead atoms. The van der Waals surface area contributed by atoms with Gasteiger partial charge in [0.05, 0.1) is 12.5 Å². The second-order valence-electron chi connectivity index (χ2n) is 1.67. The third-order valence-electron chi connectivity index (χ3n) is 1.08. The van der Waals surface area contributed by atoms with E-state index in [1.807, 2.05) is 0 Å². The molecule has 0 aromatic rings. The van der Waals surface area contributed by atoms with E-state index in [4.69, 9.17) is 6.42 Å². The fourth-order valence-corrected chi connectivity index (χ4v) is 1.38. The van der Waals surface area contributed by atoms with Gasteiger partial charge in [-0.05, 0) is 0 Å². The number of rotatable bonds is 0. The zero-order chi connectivity index (χ0) is 6.85. The Morgan fingerprint density at radius 2 is 2.56 bits per heavy atom. The van der Waals surface area contributed by atoms with Crippen molar-refractivity contribution >= 4 is 11.1 Å². The lowest BCUT2D eigenvalue weighted by Gasteiger charge is -1.95. The molecule has 1 saturated heterocycles. The molecule has 0 aliphatic carbocycles. The van der Waals surface area contributed by atoms with Crippen molar-refractivity contribution in [2.75, 3.05) is 6.61 Å². The van der Waals surface area contributed by atoms with Gasteiger partial charge in [-0.3, -0.25) is 4.18 Å². The number of hydrogen-bond donors (Lipinski definition) is 0. The van der Waals surface area contributed by atoms with Gasteiger partial charge in [-0.2, -0.15) is 0 Å². The molecule has 0 aromatic heterocycles. The molecule has 0 saturated carbocycles. The quantitative estimate of drug-likeness (QED) is 0.459. The van der Waals surface area contributed by atoms with Gasteiger partial charge in [-0.25, -0.2) is 8.60 Å². The molecule has 50 valence electrons. The zero-order valence-corrected chi connectivity index (χ0v) is 5.36. The minimum absolute atomic E-state index is 0.0737. The van der Waals surface area contributed by atoms with Crippen molar-refractivity contribution in [3.8, 4) is 12.3 Å². The first-order valence-corrected chi connectivity index (χ1v) is 3.53. The van der Waals surface area contributed by atoms with Crippen LogP contribution in [0.2, 0.25) is 0 Å². The van der Waals surface area contributed by atoms with Crippen LogP contribution in [0.4, 0.5) is 4.39 Å². The fourth-order valence-electron chi connectivity index (χ4n) is 0.539. The molecule has 0 spiro atoms. The van der Waals surface area contributed by atoms with Crippen LogP contribution in [0.25, 0.3) is 0 Å². The van der Waals surface area contributed by atoms with Gasteiger partial charge >= 0.3 is 0 Å². The van der Waals surface area contributed by atoms with Crippen molar-refractivity contribution < 1.29 is 12.8 Å². The summed E-state index contributed by atoms with van der Waals surface area (Å²) < 4.78 is 27.2. The molecular formula is C5H5FO2S. The van der Waals surface area contributed by atoms with Crippen LogP contribution in [0, 0.1) is 18.3 Å². The van der Waals surface area contributed by atoms with E-state index >= 15 is 0 Å². The second kappa shape index (κ2) is 2.46. The smallest absolute Gasteiger partial charge is 0.216 e. The monoisotopic (exact) mass is 148 g/mol. The normalized spacial score (nSPS) is 42.4. The van der Waals surface area contributed by atoms with E-state index in [0.717, 1.165) is 0 Å². The molecule has 0 radical (unpaired) electrons. The van der Waals surface area contributed by atoms with Crippen LogP contribution in [0.5, 0.6) is 0 Å². The van der Waals surface area contributed by atoms with Crippen molar-refractivity contribution in [1.82, 2.24) is 0 Å². The van der Waals surface area contributed by atoms with Gasteiger partial charge in [0.15, 0.2) is 11.1 Å². The minimum Gasteiger partial charge on any atom is -0.287 e. The molecule has 3 atom stereocenters. The molecule has 0 N–H and O–H groups in total. The van der Waals surface area contributed by atoms with Crippen LogP contribution in [0.3, 0.4) is 0 Å². The highest BCUT2D eigenvalue weighted by Gasteiger charge is 2.33. The van der Waals surface area contributed by atoms with E-state index in [9.17, 15) is 8.60 Å². The third-order valence-corrected chi connectivity index (χ3v) is 2.14. The summed E-state index contributed by atoms with van der Waals surface area (Å²) in [5.41, 5.74) is -1.49. The number of terminal acetylenes is 1. The van der Waals surface area contributed by atoms with Crippen LogP contribution in [0.15, 0.2) is 0 Å². The van der Waals surface area contributed by atoms with Gasteiger partial charge in [0, 0.05) is 0 Å². The van der Waals surface area contributed by atoms with Crippen LogP contribution in [0.1, 0.15) is 0 Å². The molecule has 3 unspecified atom stereocenters. The van der Waals surface area contributed by atoms with E-state index in [1.54, 1.807) is 0 Å². The summed E-state index contributed by atoms with van der Waals surface area (Å²) >= 11 is -1.81. The molecule has 0 amide bonds. The first-order valence-electron chi connectivity index (χ1n) is 2.39.